The quantitative estimate of drug-likeness (QED) is 0.705. The number of nitrogens with one attached hydrogen (secondary N) is 2. The van der Waals surface area contributed by atoms with Crippen LogP contribution in [0, 0.1) is 5.92 Å². The second-order valence-corrected chi connectivity index (χ2v) is 8.00. The van der Waals surface area contributed by atoms with Crippen LogP contribution in [0.5, 0.6) is 11.5 Å². The number of sulfonamides is 1. The molecule has 1 aromatic carbocycles. The van der Waals surface area contributed by atoms with E-state index in [9.17, 15) is 22.8 Å². The molecule has 0 aromatic heterocycles. The fourth-order valence-corrected chi connectivity index (χ4v) is 3.92. The number of fused-ring (bicyclic) bond motifs is 1. The molecule has 0 atom stereocenters. The molecule has 0 saturated carbocycles. The monoisotopic (exact) mass is 399 g/mol. The van der Waals surface area contributed by atoms with E-state index in [1.807, 2.05) is 19.2 Å². The molecular weight excluding hydrogens is 378 g/mol. The van der Waals surface area contributed by atoms with Crippen LogP contribution in [0.15, 0.2) is 17.0 Å². The number of nitrogens with zero attached hydrogens (tertiary/aromatic N) is 1. The van der Waals surface area contributed by atoms with E-state index in [-0.39, 0.29) is 27.9 Å². The maximum absolute atomic E-state index is 12.6. The minimum atomic E-state index is -4.25. The van der Waals surface area contributed by atoms with Gasteiger partial charge in [-0.3, -0.25) is 14.9 Å². The number of hydrogen-bond acceptors (Lipinski definition) is 7. The lowest BCUT2D eigenvalue weighted by atomic mass is 10.2. The molecule has 0 radical (unpaired) electrons. The number of methoxy groups -OCH3 is 2. The number of ether oxygens (including phenoxy) is 2. The number of urea groups is 1. The third-order valence-corrected chi connectivity index (χ3v) is 5.49. The zero-order valence-corrected chi connectivity index (χ0v) is 16.2. The highest BCUT2D eigenvalue weighted by molar-refractivity contribution is 7.90. The van der Waals surface area contributed by atoms with Gasteiger partial charge < -0.3 is 14.8 Å². The Morgan fingerprint density at radius 3 is 2.30 bits per heavy atom. The zero-order valence-electron chi connectivity index (χ0n) is 15.4. The highest BCUT2D eigenvalue weighted by Crippen LogP contribution is 2.38. The Labute approximate surface area is 156 Å². The van der Waals surface area contributed by atoms with Gasteiger partial charge in [0.1, 0.15) is 11.4 Å². The van der Waals surface area contributed by atoms with E-state index in [4.69, 9.17) is 9.47 Å². The first-order valence-corrected chi connectivity index (χ1v) is 9.46. The highest BCUT2D eigenvalue weighted by Gasteiger charge is 2.43. The van der Waals surface area contributed by atoms with E-state index in [1.54, 1.807) is 0 Å². The van der Waals surface area contributed by atoms with Gasteiger partial charge in [-0.25, -0.2) is 17.5 Å². The van der Waals surface area contributed by atoms with Crippen molar-refractivity contribution in [3.05, 3.63) is 17.7 Å². The van der Waals surface area contributed by atoms with Gasteiger partial charge in [-0.05, 0) is 12.0 Å². The molecule has 0 aliphatic carbocycles. The lowest BCUT2D eigenvalue weighted by molar-refractivity contribution is -0.119. The predicted octanol–water partition coefficient (Wildman–Crippen LogP) is 0.330. The molecule has 1 aliphatic rings. The molecule has 0 fully saturated rings. The van der Waals surface area contributed by atoms with Crippen LogP contribution < -0.4 is 20.1 Å². The lowest BCUT2D eigenvalue weighted by Gasteiger charge is -2.15. The van der Waals surface area contributed by atoms with Gasteiger partial charge in [0, 0.05) is 12.6 Å². The number of hydrogen-bond donors (Lipinski definition) is 2. The lowest BCUT2D eigenvalue weighted by Crippen LogP contribution is -2.46. The molecule has 2 N–H and O–H groups in total. The molecule has 11 heteroatoms. The van der Waals surface area contributed by atoms with Crippen LogP contribution in [0.4, 0.5) is 4.79 Å². The largest absolute Gasteiger partial charge is 0.493 e. The first-order valence-electron chi connectivity index (χ1n) is 8.02. The SMILES string of the molecule is COc1cc2c(cc1OC)S(=O)(=O)N(CC(=O)NC(=O)NCC(C)C)C2=O. The van der Waals surface area contributed by atoms with Gasteiger partial charge >= 0.3 is 6.03 Å². The number of carbonyl (C=O) groups is 3. The molecule has 1 heterocycles. The Morgan fingerprint density at radius 1 is 1.15 bits per heavy atom. The first-order chi connectivity index (χ1) is 12.6. The number of rotatable bonds is 6. The van der Waals surface area contributed by atoms with Crippen LogP contribution in [0.3, 0.4) is 0 Å². The molecule has 27 heavy (non-hydrogen) atoms. The molecule has 1 aliphatic heterocycles. The second-order valence-electron chi connectivity index (χ2n) is 6.17. The van der Waals surface area contributed by atoms with Crippen LogP contribution in [-0.2, 0) is 14.8 Å². The Balaban J connectivity index is 2.21. The minimum absolute atomic E-state index is 0.131. The van der Waals surface area contributed by atoms with E-state index >= 15 is 0 Å². The molecule has 10 nitrogen and oxygen atoms in total. The Bertz CT molecular complexity index is 880. The Hall–Kier alpha value is -2.82. The van der Waals surface area contributed by atoms with Crippen molar-refractivity contribution in [2.45, 2.75) is 18.7 Å². The van der Waals surface area contributed by atoms with E-state index in [1.165, 1.54) is 20.3 Å². The molecule has 0 unspecified atom stereocenters. The van der Waals surface area contributed by atoms with Gasteiger partial charge in [0.05, 0.1) is 19.8 Å². The van der Waals surface area contributed by atoms with Crippen molar-refractivity contribution < 1.29 is 32.3 Å². The van der Waals surface area contributed by atoms with Crippen LogP contribution in [0.1, 0.15) is 24.2 Å². The summed E-state index contributed by atoms with van der Waals surface area (Å²) in [4.78, 5) is 35.8. The first kappa shape index (κ1) is 20.5. The summed E-state index contributed by atoms with van der Waals surface area (Å²) in [6.07, 6.45) is 0. The van der Waals surface area contributed by atoms with Gasteiger partial charge in [-0.1, -0.05) is 13.8 Å². The average molecular weight is 399 g/mol. The van der Waals surface area contributed by atoms with Gasteiger partial charge in [0.25, 0.3) is 15.9 Å². The Kier molecular flexibility index (Phi) is 5.94. The molecule has 0 spiro atoms. The predicted molar refractivity (Wildman–Crippen MR) is 94.1 cm³/mol. The van der Waals surface area contributed by atoms with Gasteiger partial charge in [-0.2, -0.15) is 0 Å². The third kappa shape index (κ3) is 4.13. The van der Waals surface area contributed by atoms with Crippen molar-refractivity contribution >= 4 is 27.9 Å². The maximum atomic E-state index is 12.6. The van der Waals surface area contributed by atoms with Gasteiger partial charge in [0.2, 0.25) is 5.91 Å². The number of amides is 4. The summed E-state index contributed by atoms with van der Waals surface area (Å²) in [6.45, 7) is 3.26. The fraction of sp³-hybridized carbons (Fsp3) is 0.438. The molecule has 148 valence electrons. The van der Waals surface area contributed by atoms with Crippen molar-refractivity contribution in [3.63, 3.8) is 0 Å². The van der Waals surface area contributed by atoms with Crippen molar-refractivity contribution in [2.24, 2.45) is 5.92 Å². The summed E-state index contributed by atoms with van der Waals surface area (Å²) in [5.74, 6) is -1.33. The van der Waals surface area contributed by atoms with Crippen molar-refractivity contribution in [3.8, 4) is 11.5 Å². The van der Waals surface area contributed by atoms with E-state index in [2.05, 4.69) is 5.32 Å². The van der Waals surface area contributed by atoms with Crippen LogP contribution in [0.25, 0.3) is 0 Å². The molecule has 1 aromatic rings. The molecule has 0 saturated heterocycles. The molecule has 2 rings (SSSR count). The van der Waals surface area contributed by atoms with Crippen LogP contribution in [0.2, 0.25) is 0 Å². The summed E-state index contributed by atoms with van der Waals surface area (Å²) >= 11 is 0. The highest BCUT2D eigenvalue weighted by atomic mass is 32.2. The Morgan fingerprint density at radius 2 is 1.74 bits per heavy atom. The van der Waals surface area contributed by atoms with E-state index in [0.29, 0.717) is 10.8 Å². The number of imide groups is 1. The van der Waals surface area contributed by atoms with Gasteiger partial charge in [-0.15, -0.1) is 0 Å². The third-order valence-electron chi connectivity index (χ3n) is 3.72. The number of benzene rings is 1. The smallest absolute Gasteiger partial charge is 0.321 e. The van der Waals surface area contributed by atoms with Gasteiger partial charge in [0.15, 0.2) is 11.5 Å². The summed E-state index contributed by atoms with van der Waals surface area (Å²) < 4.78 is 35.8. The summed E-state index contributed by atoms with van der Waals surface area (Å²) in [5.41, 5.74) is -0.135. The molecular formula is C16H21N3O7S. The molecule has 4 amide bonds. The average Bonchev–Trinajstić information content (AvgIpc) is 2.79. The summed E-state index contributed by atoms with van der Waals surface area (Å²) in [5, 5.41) is 4.46. The van der Waals surface area contributed by atoms with E-state index in [0.717, 1.165) is 6.07 Å². The topological polar surface area (TPSA) is 131 Å². The van der Waals surface area contributed by atoms with Crippen molar-refractivity contribution in [1.29, 1.82) is 0 Å². The maximum Gasteiger partial charge on any atom is 0.321 e. The fourth-order valence-electron chi connectivity index (χ4n) is 2.40. The standard InChI is InChI=1S/C16H21N3O7S/c1-9(2)7-17-16(22)18-14(20)8-19-15(21)10-5-11(25-3)12(26-4)6-13(10)27(19,23)24/h5-6,9H,7-8H2,1-4H3,(H2,17,18,20,22). The van der Waals surface area contributed by atoms with Crippen LogP contribution >= 0.6 is 0 Å². The van der Waals surface area contributed by atoms with Crippen molar-refractivity contribution in [1.82, 2.24) is 14.9 Å². The zero-order chi connectivity index (χ0) is 20.4. The second kappa shape index (κ2) is 7.82. The van der Waals surface area contributed by atoms with Crippen LogP contribution in [-0.4, -0.2) is 57.9 Å². The van der Waals surface area contributed by atoms with Crippen molar-refractivity contribution in [2.75, 3.05) is 27.3 Å². The number of carbonyl (C=O) groups excluding carboxylic acids is 3. The summed E-state index contributed by atoms with van der Waals surface area (Å²) in [6, 6.07) is 1.63. The summed E-state index contributed by atoms with van der Waals surface area (Å²) in [7, 11) is -1.58. The normalized spacial score (nSPS) is 14.7. The molecule has 0 bridgehead atoms. The van der Waals surface area contributed by atoms with E-state index < -0.39 is 34.4 Å². The minimum Gasteiger partial charge on any atom is -0.493 e.